The molecule has 2 nitrogen and oxygen atoms in total. The van der Waals surface area contributed by atoms with Crippen molar-refractivity contribution in [2.45, 2.75) is 18.4 Å². The van der Waals surface area contributed by atoms with Crippen LogP contribution in [0.3, 0.4) is 0 Å². The Morgan fingerprint density at radius 1 is 0.870 bits per heavy atom. The normalized spacial score (nSPS) is 24.7. The van der Waals surface area contributed by atoms with Gasteiger partial charge in [0.15, 0.2) is 0 Å². The number of hydrogen-bond acceptors (Lipinski definition) is 2. The first-order chi connectivity index (χ1) is 11.2. The van der Waals surface area contributed by atoms with E-state index in [1.807, 2.05) is 18.2 Å². The summed E-state index contributed by atoms with van der Waals surface area (Å²) < 4.78 is 0. The first kappa shape index (κ1) is 15.3. The maximum Gasteiger partial charge on any atom is 0.0654 e. The zero-order valence-corrected chi connectivity index (χ0v) is 14.5. The maximum absolute atomic E-state index is 6.34. The van der Waals surface area contributed by atoms with Crippen molar-refractivity contribution in [1.82, 2.24) is 4.90 Å². The van der Waals surface area contributed by atoms with E-state index in [1.54, 1.807) is 0 Å². The number of rotatable bonds is 3. The largest absolute Gasteiger partial charge is 0.368 e. The molecule has 1 saturated heterocycles. The molecule has 1 aliphatic heterocycles. The minimum absolute atomic E-state index is 0.695. The van der Waals surface area contributed by atoms with Gasteiger partial charge in [-0.15, -0.1) is 0 Å². The number of piperazine rings is 1. The average molecular weight is 347 g/mol. The van der Waals surface area contributed by atoms with Gasteiger partial charge in [-0.3, -0.25) is 4.90 Å². The van der Waals surface area contributed by atoms with Crippen molar-refractivity contribution >= 4 is 28.9 Å². The third-order valence-electron chi connectivity index (χ3n) is 5.02. The molecule has 4 rings (SSSR count). The molecule has 2 atom stereocenters. The summed E-state index contributed by atoms with van der Waals surface area (Å²) in [7, 11) is 0. The van der Waals surface area contributed by atoms with E-state index >= 15 is 0 Å². The van der Waals surface area contributed by atoms with Gasteiger partial charge in [-0.05, 0) is 30.2 Å². The average Bonchev–Trinajstić information content (AvgIpc) is 3.37. The van der Waals surface area contributed by atoms with Crippen LogP contribution in [0.4, 0.5) is 5.69 Å². The topological polar surface area (TPSA) is 6.48 Å². The predicted molar refractivity (Wildman–Crippen MR) is 97.8 cm³/mol. The fraction of sp³-hybridized carbons (Fsp3) is 0.368. The Bertz CT molecular complexity index is 681. The highest BCUT2D eigenvalue weighted by Gasteiger charge is 2.43. The van der Waals surface area contributed by atoms with Crippen molar-refractivity contribution in [2.24, 2.45) is 0 Å². The highest BCUT2D eigenvalue weighted by atomic mass is 35.5. The van der Waals surface area contributed by atoms with Crippen molar-refractivity contribution in [1.29, 1.82) is 0 Å². The number of halogens is 2. The summed E-state index contributed by atoms with van der Waals surface area (Å²) in [5.74, 6) is 0.724. The van der Waals surface area contributed by atoms with Crippen LogP contribution in [0.1, 0.15) is 17.9 Å². The summed E-state index contributed by atoms with van der Waals surface area (Å²) in [4.78, 5) is 5.01. The van der Waals surface area contributed by atoms with Crippen LogP contribution in [0.15, 0.2) is 48.5 Å². The van der Waals surface area contributed by atoms with Gasteiger partial charge in [0, 0.05) is 43.2 Å². The number of hydrogen-bond donors (Lipinski definition) is 0. The zero-order chi connectivity index (χ0) is 15.8. The summed E-state index contributed by atoms with van der Waals surface area (Å²) in [6.07, 6.45) is 1.30. The molecule has 4 heteroatoms. The van der Waals surface area contributed by atoms with Crippen LogP contribution in [-0.4, -0.2) is 37.1 Å². The van der Waals surface area contributed by atoms with Crippen LogP contribution in [0.25, 0.3) is 0 Å². The Morgan fingerprint density at radius 2 is 1.61 bits per heavy atom. The summed E-state index contributed by atoms with van der Waals surface area (Å²) in [5, 5.41) is 1.45. The van der Waals surface area contributed by atoms with Crippen molar-refractivity contribution in [3.63, 3.8) is 0 Å². The molecular formula is C19H20Cl2N2. The number of nitrogens with zero attached hydrogens (tertiary/aromatic N) is 2. The van der Waals surface area contributed by atoms with Gasteiger partial charge < -0.3 is 4.90 Å². The zero-order valence-electron chi connectivity index (χ0n) is 13.0. The Balaban J connectivity index is 1.37. The van der Waals surface area contributed by atoms with E-state index in [0.29, 0.717) is 5.02 Å². The van der Waals surface area contributed by atoms with Gasteiger partial charge >= 0.3 is 0 Å². The van der Waals surface area contributed by atoms with Gasteiger partial charge in [-0.2, -0.15) is 0 Å². The van der Waals surface area contributed by atoms with Crippen LogP contribution in [0, 0.1) is 0 Å². The molecule has 0 N–H and O–H groups in total. The van der Waals surface area contributed by atoms with Crippen LogP contribution in [-0.2, 0) is 0 Å². The van der Waals surface area contributed by atoms with E-state index in [0.717, 1.165) is 48.8 Å². The molecule has 0 radical (unpaired) electrons. The highest BCUT2D eigenvalue weighted by molar-refractivity contribution is 6.36. The lowest BCUT2D eigenvalue weighted by molar-refractivity contribution is 0.244. The van der Waals surface area contributed by atoms with E-state index in [4.69, 9.17) is 23.2 Å². The fourth-order valence-electron chi connectivity index (χ4n) is 3.68. The molecule has 1 heterocycles. The van der Waals surface area contributed by atoms with Gasteiger partial charge in [0.25, 0.3) is 0 Å². The van der Waals surface area contributed by atoms with E-state index in [2.05, 4.69) is 40.1 Å². The minimum atomic E-state index is 0.695. The van der Waals surface area contributed by atoms with Crippen molar-refractivity contribution < 1.29 is 0 Å². The van der Waals surface area contributed by atoms with Crippen LogP contribution >= 0.6 is 23.2 Å². The third-order valence-corrected chi connectivity index (χ3v) is 5.56. The third kappa shape index (κ3) is 3.21. The Labute approximate surface area is 147 Å². The van der Waals surface area contributed by atoms with Crippen molar-refractivity contribution in [3.05, 3.63) is 64.1 Å². The summed E-state index contributed by atoms with van der Waals surface area (Å²) in [6.45, 7) is 4.26. The summed E-state index contributed by atoms with van der Waals surface area (Å²) in [5.41, 5.74) is 2.59. The monoisotopic (exact) mass is 346 g/mol. The summed E-state index contributed by atoms with van der Waals surface area (Å²) in [6, 6.07) is 17.4. The number of anilines is 1. The minimum Gasteiger partial charge on any atom is -0.368 e. The molecule has 0 spiro atoms. The second-order valence-electron chi connectivity index (χ2n) is 6.44. The van der Waals surface area contributed by atoms with E-state index in [-0.39, 0.29) is 0 Å². The molecule has 0 unspecified atom stereocenters. The smallest absolute Gasteiger partial charge is 0.0654 e. The highest BCUT2D eigenvalue weighted by Crippen LogP contribution is 2.45. The molecule has 23 heavy (non-hydrogen) atoms. The van der Waals surface area contributed by atoms with Gasteiger partial charge in [0.2, 0.25) is 0 Å². The molecule has 2 aromatic rings. The summed E-state index contributed by atoms with van der Waals surface area (Å²) >= 11 is 12.3. The second-order valence-corrected chi connectivity index (χ2v) is 7.28. The molecule has 0 amide bonds. The second kappa shape index (κ2) is 6.35. The Kier molecular flexibility index (Phi) is 4.23. The molecule has 0 bridgehead atoms. The molecular weight excluding hydrogens is 327 g/mol. The van der Waals surface area contributed by atoms with Gasteiger partial charge in [0.1, 0.15) is 0 Å². The maximum atomic E-state index is 6.34. The Hall–Kier alpha value is -1.22. The van der Waals surface area contributed by atoms with Gasteiger partial charge in [-0.25, -0.2) is 0 Å². The van der Waals surface area contributed by atoms with E-state index < -0.39 is 0 Å². The number of benzene rings is 2. The SMILES string of the molecule is Clc1ccc(N2CCN([C@H]3C[C@@H]3c3ccccc3)CC2)c(Cl)c1. The first-order valence-corrected chi connectivity index (χ1v) is 8.97. The standard InChI is InChI=1S/C19H20Cl2N2/c20-15-6-7-18(17(21)12-15)22-8-10-23(11-9-22)19-13-16(19)14-4-2-1-3-5-14/h1-7,12,16,19H,8-11,13H2/t16-,19+/m1/s1. The van der Waals surface area contributed by atoms with E-state index in [1.165, 1.54) is 12.0 Å². The van der Waals surface area contributed by atoms with Crippen LogP contribution in [0.5, 0.6) is 0 Å². The lowest BCUT2D eigenvalue weighted by atomic mass is 10.1. The first-order valence-electron chi connectivity index (χ1n) is 8.21. The van der Waals surface area contributed by atoms with E-state index in [9.17, 15) is 0 Å². The molecule has 1 saturated carbocycles. The van der Waals surface area contributed by atoms with Crippen molar-refractivity contribution in [2.75, 3.05) is 31.1 Å². The van der Waals surface area contributed by atoms with Crippen LogP contribution in [0.2, 0.25) is 10.0 Å². The van der Waals surface area contributed by atoms with Crippen molar-refractivity contribution in [3.8, 4) is 0 Å². The molecule has 2 fully saturated rings. The quantitative estimate of drug-likeness (QED) is 0.796. The van der Waals surface area contributed by atoms with Crippen LogP contribution < -0.4 is 4.90 Å². The molecule has 2 aliphatic rings. The molecule has 0 aromatic heterocycles. The molecule has 120 valence electrons. The molecule has 1 aliphatic carbocycles. The van der Waals surface area contributed by atoms with Gasteiger partial charge in [0.05, 0.1) is 10.7 Å². The Morgan fingerprint density at radius 3 is 2.30 bits per heavy atom. The molecule has 2 aromatic carbocycles. The predicted octanol–water partition coefficient (Wildman–Crippen LogP) is 4.67. The lowest BCUT2D eigenvalue weighted by Gasteiger charge is -2.37. The lowest BCUT2D eigenvalue weighted by Crippen LogP contribution is -2.47. The van der Waals surface area contributed by atoms with Gasteiger partial charge in [-0.1, -0.05) is 53.5 Å². The fourth-order valence-corrected chi connectivity index (χ4v) is 4.20.